The fourth-order valence-electron chi connectivity index (χ4n) is 2.04. The molecule has 0 aliphatic rings. The van der Waals surface area contributed by atoms with Gasteiger partial charge >= 0.3 is 0 Å². The number of H-pyrrole nitrogens is 1. The molecule has 0 aliphatic heterocycles. The number of hydrogen-bond acceptors (Lipinski definition) is 5. The Morgan fingerprint density at radius 1 is 1.31 bits per heavy atom. The molecule has 3 aromatic rings. The molecule has 0 saturated heterocycles. The van der Waals surface area contributed by atoms with E-state index in [1.807, 2.05) is 0 Å². The molecule has 2 heterocycles. The summed E-state index contributed by atoms with van der Waals surface area (Å²) in [6.45, 7) is -0.465. The maximum atomic E-state index is 13.4. The Morgan fingerprint density at radius 3 is 2.81 bits per heavy atom. The number of anilines is 1. The Hall–Kier alpha value is -3.27. The number of thiazole rings is 1. The minimum Gasteiger partial charge on any atom is -0.481 e. The van der Waals surface area contributed by atoms with Gasteiger partial charge in [0.15, 0.2) is 23.3 Å². The number of carbonyl (C=O) groups excluding carboxylic acids is 2. The van der Waals surface area contributed by atoms with Crippen LogP contribution in [0.3, 0.4) is 0 Å². The van der Waals surface area contributed by atoms with E-state index in [1.54, 1.807) is 17.6 Å². The lowest BCUT2D eigenvalue weighted by molar-refractivity contribution is -0.118. The molecule has 0 spiro atoms. The van der Waals surface area contributed by atoms with Crippen molar-refractivity contribution in [2.24, 2.45) is 5.73 Å². The fraction of sp³-hybridized carbons (Fsp3) is 0.0625. The van der Waals surface area contributed by atoms with Crippen LogP contribution in [0.25, 0.3) is 11.3 Å². The molecule has 2 aromatic heterocycles. The van der Waals surface area contributed by atoms with Crippen molar-refractivity contribution >= 4 is 28.3 Å². The van der Waals surface area contributed by atoms with E-state index in [-0.39, 0.29) is 11.4 Å². The molecule has 0 atom stereocenters. The Balaban J connectivity index is 1.59. The molecule has 0 unspecified atom stereocenters. The lowest BCUT2D eigenvalue weighted by atomic mass is 10.2. The van der Waals surface area contributed by atoms with Gasteiger partial charge in [0.05, 0.1) is 5.69 Å². The van der Waals surface area contributed by atoms with Gasteiger partial charge in [0, 0.05) is 23.2 Å². The average Bonchev–Trinajstić information content (AvgIpc) is 3.23. The van der Waals surface area contributed by atoms with Crippen LogP contribution in [0, 0.1) is 11.6 Å². The molecule has 26 heavy (non-hydrogen) atoms. The van der Waals surface area contributed by atoms with Gasteiger partial charge in [-0.3, -0.25) is 14.9 Å². The van der Waals surface area contributed by atoms with Crippen molar-refractivity contribution in [2.45, 2.75) is 0 Å². The monoisotopic (exact) mass is 378 g/mol. The third kappa shape index (κ3) is 4.03. The number of nitrogens with zero attached hydrogens (tertiary/aromatic N) is 1. The van der Waals surface area contributed by atoms with Crippen LogP contribution in [0.2, 0.25) is 0 Å². The van der Waals surface area contributed by atoms with Crippen molar-refractivity contribution in [3.05, 3.63) is 53.2 Å². The van der Waals surface area contributed by atoms with Gasteiger partial charge in [0.2, 0.25) is 0 Å². The van der Waals surface area contributed by atoms with Gasteiger partial charge in [-0.05, 0) is 18.2 Å². The van der Waals surface area contributed by atoms with Gasteiger partial charge in [-0.25, -0.2) is 13.8 Å². The number of primary amides is 1. The zero-order valence-electron chi connectivity index (χ0n) is 13.1. The first-order chi connectivity index (χ1) is 12.4. The molecule has 0 saturated carbocycles. The number of aromatic amines is 1. The summed E-state index contributed by atoms with van der Waals surface area (Å²) in [5, 5.41) is 4.49. The molecule has 1 aromatic carbocycles. The van der Waals surface area contributed by atoms with Gasteiger partial charge in [-0.2, -0.15) is 0 Å². The maximum absolute atomic E-state index is 13.4. The quantitative estimate of drug-likeness (QED) is 0.612. The number of nitrogens with one attached hydrogen (secondary N) is 2. The second-order valence-corrected chi connectivity index (χ2v) is 5.97. The minimum atomic E-state index is -0.896. The summed E-state index contributed by atoms with van der Waals surface area (Å²) in [5.41, 5.74) is 6.59. The van der Waals surface area contributed by atoms with Crippen LogP contribution in [0.5, 0.6) is 5.75 Å². The highest BCUT2D eigenvalue weighted by molar-refractivity contribution is 7.14. The fourth-order valence-corrected chi connectivity index (χ4v) is 2.77. The second kappa shape index (κ2) is 7.31. The predicted octanol–water partition coefficient (Wildman–Crippen LogP) is 2.53. The highest BCUT2D eigenvalue weighted by Gasteiger charge is 2.12. The number of nitrogens with two attached hydrogens (primary N) is 1. The summed E-state index contributed by atoms with van der Waals surface area (Å²) in [5.74, 6) is -3.01. The van der Waals surface area contributed by atoms with Crippen LogP contribution in [-0.2, 0) is 4.79 Å². The van der Waals surface area contributed by atoms with E-state index in [4.69, 9.17) is 10.5 Å². The van der Waals surface area contributed by atoms with Crippen LogP contribution in [0.15, 0.2) is 35.8 Å². The number of aromatic nitrogens is 2. The van der Waals surface area contributed by atoms with Crippen LogP contribution in [0.4, 0.5) is 13.9 Å². The number of ether oxygens (including phenoxy) is 1. The normalized spacial score (nSPS) is 10.5. The van der Waals surface area contributed by atoms with Crippen molar-refractivity contribution < 1.29 is 23.1 Å². The Bertz CT molecular complexity index is 970. The van der Waals surface area contributed by atoms with Crippen molar-refractivity contribution in [1.29, 1.82) is 0 Å². The number of amides is 2. The summed E-state index contributed by atoms with van der Waals surface area (Å²) in [6, 6.07) is 4.34. The van der Waals surface area contributed by atoms with E-state index in [9.17, 15) is 18.4 Å². The zero-order chi connectivity index (χ0) is 18.7. The van der Waals surface area contributed by atoms with E-state index in [1.165, 1.54) is 0 Å². The average molecular weight is 378 g/mol. The highest BCUT2D eigenvalue weighted by atomic mass is 32.1. The molecule has 0 aliphatic carbocycles. The summed E-state index contributed by atoms with van der Waals surface area (Å²) in [7, 11) is 0. The topological polar surface area (TPSA) is 110 Å². The third-order valence-electron chi connectivity index (χ3n) is 3.25. The molecule has 4 N–H and O–H groups in total. The Labute approximate surface area is 149 Å². The number of hydrogen-bond donors (Lipinski definition) is 3. The summed E-state index contributed by atoms with van der Waals surface area (Å²) >= 11 is 1.16. The molecule has 0 radical (unpaired) electrons. The van der Waals surface area contributed by atoms with Crippen LogP contribution >= 0.6 is 11.3 Å². The van der Waals surface area contributed by atoms with Crippen molar-refractivity contribution in [2.75, 3.05) is 11.9 Å². The first-order valence-electron chi connectivity index (χ1n) is 7.24. The van der Waals surface area contributed by atoms with E-state index in [0.717, 1.165) is 23.5 Å². The van der Waals surface area contributed by atoms with Crippen LogP contribution in [0.1, 0.15) is 10.5 Å². The summed E-state index contributed by atoms with van der Waals surface area (Å²) in [4.78, 5) is 29.9. The summed E-state index contributed by atoms with van der Waals surface area (Å²) in [6.07, 6.45) is 1.57. The molecule has 134 valence electrons. The first kappa shape index (κ1) is 17.5. The molecular weight excluding hydrogens is 366 g/mol. The summed E-state index contributed by atoms with van der Waals surface area (Å²) < 4.78 is 31.3. The van der Waals surface area contributed by atoms with Gasteiger partial charge in [-0.15, -0.1) is 11.3 Å². The number of carbonyl (C=O) groups is 2. The third-order valence-corrected chi connectivity index (χ3v) is 4.01. The second-order valence-electron chi connectivity index (χ2n) is 5.12. The number of benzene rings is 1. The zero-order valence-corrected chi connectivity index (χ0v) is 13.9. The highest BCUT2D eigenvalue weighted by Crippen LogP contribution is 2.25. The van der Waals surface area contributed by atoms with Crippen LogP contribution in [-0.4, -0.2) is 28.4 Å². The predicted molar refractivity (Wildman–Crippen MR) is 90.9 cm³/mol. The Morgan fingerprint density at radius 2 is 2.12 bits per heavy atom. The van der Waals surface area contributed by atoms with E-state index >= 15 is 0 Å². The number of halogens is 2. The van der Waals surface area contributed by atoms with E-state index in [2.05, 4.69) is 15.3 Å². The smallest absolute Gasteiger partial charge is 0.265 e. The SMILES string of the molecule is NC(=O)c1cc(-c2csc(NC(=O)COc3ccc(F)cc3F)n2)c[nH]1. The van der Waals surface area contributed by atoms with Crippen molar-refractivity contribution in [3.8, 4) is 17.0 Å². The molecule has 2 amide bonds. The molecule has 0 bridgehead atoms. The van der Waals surface area contributed by atoms with Gasteiger partial charge in [-0.1, -0.05) is 0 Å². The molecule has 10 heteroatoms. The standard InChI is InChI=1S/C16H12F2N4O3S/c17-9-1-2-13(10(18)4-9)25-6-14(23)22-16-21-12(7-26-16)8-3-11(15(19)24)20-5-8/h1-5,7,20H,6H2,(H2,19,24)(H,21,22,23). The Kier molecular flexibility index (Phi) is 4.94. The maximum Gasteiger partial charge on any atom is 0.265 e. The van der Waals surface area contributed by atoms with Gasteiger partial charge in [0.1, 0.15) is 11.5 Å². The number of rotatable bonds is 6. The van der Waals surface area contributed by atoms with Crippen molar-refractivity contribution in [3.63, 3.8) is 0 Å². The molecule has 0 fully saturated rings. The minimum absolute atomic E-state index is 0.229. The lowest BCUT2D eigenvalue weighted by Crippen LogP contribution is -2.20. The molecular formula is C16H12F2N4O3S. The van der Waals surface area contributed by atoms with Crippen LogP contribution < -0.4 is 15.8 Å². The lowest BCUT2D eigenvalue weighted by Gasteiger charge is -2.06. The molecule has 7 nitrogen and oxygen atoms in total. The van der Waals surface area contributed by atoms with Gasteiger partial charge in [0.25, 0.3) is 11.8 Å². The first-order valence-corrected chi connectivity index (χ1v) is 8.12. The molecule has 3 rings (SSSR count). The van der Waals surface area contributed by atoms with E-state index in [0.29, 0.717) is 22.5 Å². The van der Waals surface area contributed by atoms with Crippen molar-refractivity contribution in [1.82, 2.24) is 9.97 Å². The van der Waals surface area contributed by atoms with Gasteiger partial charge < -0.3 is 15.5 Å². The van der Waals surface area contributed by atoms with E-state index < -0.39 is 30.1 Å². The largest absolute Gasteiger partial charge is 0.481 e.